The van der Waals surface area contributed by atoms with Crippen molar-refractivity contribution in [1.82, 2.24) is 10.6 Å². The second kappa shape index (κ2) is 6.88. The van der Waals surface area contributed by atoms with Gasteiger partial charge < -0.3 is 10.4 Å². The molecule has 0 saturated carbocycles. The predicted octanol–water partition coefficient (Wildman–Crippen LogP) is 1.82. The highest BCUT2D eigenvalue weighted by molar-refractivity contribution is 5.96. The molecule has 1 aromatic rings. The number of amides is 3. The van der Waals surface area contributed by atoms with Crippen LogP contribution >= 0.6 is 0 Å². The summed E-state index contributed by atoms with van der Waals surface area (Å²) in [5.41, 5.74) is 0.790. The quantitative estimate of drug-likeness (QED) is 0.771. The monoisotopic (exact) mass is 292 g/mol. The average Bonchev–Trinajstić information content (AvgIpc) is 2.35. The first-order valence-electron chi connectivity index (χ1n) is 6.57. The van der Waals surface area contributed by atoms with Crippen LogP contribution in [0, 0.1) is 12.3 Å². The van der Waals surface area contributed by atoms with E-state index in [4.69, 9.17) is 5.11 Å². The Morgan fingerprint density at radius 3 is 2.48 bits per heavy atom. The summed E-state index contributed by atoms with van der Waals surface area (Å²) >= 11 is 0. The molecular formula is C15H20N2O4. The van der Waals surface area contributed by atoms with E-state index in [2.05, 4.69) is 10.6 Å². The van der Waals surface area contributed by atoms with E-state index in [9.17, 15) is 14.4 Å². The van der Waals surface area contributed by atoms with E-state index in [0.717, 1.165) is 11.1 Å². The molecule has 0 aromatic heterocycles. The average molecular weight is 292 g/mol. The Morgan fingerprint density at radius 1 is 1.24 bits per heavy atom. The molecule has 3 amide bonds. The Morgan fingerprint density at radius 2 is 1.90 bits per heavy atom. The van der Waals surface area contributed by atoms with Crippen LogP contribution in [0.25, 0.3) is 0 Å². The zero-order valence-corrected chi connectivity index (χ0v) is 12.4. The third-order valence-electron chi connectivity index (χ3n) is 2.97. The molecule has 1 aromatic carbocycles. The van der Waals surface area contributed by atoms with E-state index >= 15 is 0 Å². The topological polar surface area (TPSA) is 95.5 Å². The van der Waals surface area contributed by atoms with Crippen LogP contribution < -0.4 is 10.6 Å². The lowest BCUT2D eigenvalue weighted by Gasteiger charge is -2.17. The zero-order valence-electron chi connectivity index (χ0n) is 12.4. The molecule has 0 spiro atoms. The molecule has 0 saturated heterocycles. The number of carboxylic acids is 1. The molecule has 0 atom stereocenters. The second-order valence-corrected chi connectivity index (χ2v) is 5.59. The zero-order chi connectivity index (χ0) is 16.0. The molecule has 21 heavy (non-hydrogen) atoms. The van der Waals surface area contributed by atoms with Crippen molar-refractivity contribution in [1.29, 1.82) is 0 Å². The number of hydrogen-bond acceptors (Lipinski definition) is 3. The Hall–Kier alpha value is -2.37. The van der Waals surface area contributed by atoms with Crippen molar-refractivity contribution >= 4 is 17.9 Å². The maximum Gasteiger partial charge on any atom is 0.321 e. The smallest absolute Gasteiger partial charge is 0.321 e. The van der Waals surface area contributed by atoms with Gasteiger partial charge in [-0.05, 0) is 26.3 Å². The molecule has 0 fully saturated rings. The molecule has 0 aliphatic heterocycles. The van der Waals surface area contributed by atoms with E-state index in [1.54, 1.807) is 0 Å². The summed E-state index contributed by atoms with van der Waals surface area (Å²) in [4.78, 5) is 34.1. The van der Waals surface area contributed by atoms with E-state index in [-0.39, 0.29) is 6.42 Å². The van der Waals surface area contributed by atoms with Gasteiger partial charge in [-0.25, -0.2) is 4.79 Å². The van der Waals surface area contributed by atoms with Crippen molar-refractivity contribution in [2.45, 2.75) is 33.7 Å². The van der Waals surface area contributed by atoms with Crippen molar-refractivity contribution in [2.24, 2.45) is 5.41 Å². The third-order valence-corrected chi connectivity index (χ3v) is 2.97. The van der Waals surface area contributed by atoms with Crippen LogP contribution in [0.3, 0.4) is 0 Å². The van der Waals surface area contributed by atoms with Crippen molar-refractivity contribution in [3.63, 3.8) is 0 Å². The summed E-state index contributed by atoms with van der Waals surface area (Å²) in [5.74, 6) is -1.71. The number of urea groups is 1. The highest BCUT2D eigenvalue weighted by atomic mass is 16.4. The fourth-order valence-electron chi connectivity index (χ4n) is 1.70. The van der Waals surface area contributed by atoms with Gasteiger partial charge in [-0.3, -0.25) is 14.9 Å². The fraction of sp³-hybridized carbons (Fsp3) is 0.400. The summed E-state index contributed by atoms with van der Waals surface area (Å²) in [5, 5.41) is 13.6. The number of hydrogen-bond donors (Lipinski definition) is 3. The highest BCUT2D eigenvalue weighted by Crippen LogP contribution is 2.19. The minimum Gasteiger partial charge on any atom is -0.481 e. The molecule has 0 unspecified atom stereocenters. The lowest BCUT2D eigenvalue weighted by molar-refractivity contribution is -0.149. The SMILES string of the molecule is Cc1cccc(CNC(=O)NC(=O)CC(C)(C)C(=O)O)c1. The molecule has 0 aliphatic rings. The Labute approximate surface area is 123 Å². The van der Waals surface area contributed by atoms with E-state index in [1.807, 2.05) is 31.2 Å². The van der Waals surface area contributed by atoms with Crippen LogP contribution in [0.4, 0.5) is 4.79 Å². The second-order valence-electron chi connectivity index (χ2n) is 5.59. The summed E-state index contributed by atoms with van der Waals surface area (Å²) in [7, 11) is 0. The standard InChI is InChI=1S/C15H20N2O4/c1-10-5-4-6-11(7-10)9-16-14(21)17-12(18)8-15(2,3)13(19)20/h4-7H,8-9H2,1-3H3,(H,19,20)(H2,16,17,18,21). The van der Waals surface area contributed by atoms with Crippen molar-refractivity contribution in [3.8, 4) is 0 Å². The molecule has 0 bridgehead atoms. The van der Waals surface area contributed by atoms with Crippen LogP contribution in [-0.4, -0.2) is 23.0 Å². The minimum atomic E-state index is -1.21. The first-order valence-corrected chi connectivity index (χ1v) is 6.57. The van der Waals surface area contributed by atoms with Gasteiger partial charge in [0.15, 0.2) is 0 Å². The summed E-state index contributed by atoms with van der Waals surface area (Å²) in [6.07, 6.45) is -0.264. The lowest BCUT2D eigenvalue weighted by Crippen LogP contribution is -2.41. The maximum atomic E-state index is 11.6. The molecule has 114 valence electrons. The van der Waals surface area contributed by atoms with E-state index < -0.39 is 23.3 Å². The van der Waals surface area contributed by atoms with Gasteiger partial charge >= 0.3 is 12.0 Å². The van der Waals surface area contributed by atoms with Crippen LogP contribution in [0.1, 0.15) is 31.4 Å². The molecule has 6 heteroatoms. The summed E-state index contributed by atoms with van der Waals surface area (Å²) < 4.78 is 0. The fourth-order valence-corrected chi connectivity index (χ4v) is 1.70. The molecular weight excluding hydrogens is 272 g/mol. The number of carbonyl (C=O) groups is 3. The van der Waals surface area contributed by atoms with Gasteiger partial charge in [-0.15, -0.1) is 0 Å². The Bertz CT molecular complexity index is 552. The lowest BCUT2D eigenvalue weighted by atomic mass is 9.89. The molecule has 0 radical (unpaired) electrons. The van der Waals surface area contributed by atoms with Crippen LogP contribution in [0.5, 0.6) is 0 Å². The van der Waals surface area contributed by atoms with Gasteiger partial charge in [0.05, 0.1) is 5.41 Å². The third kappa shape index (κ3) is 5.64. The normalized spacial score (nSPS) is 10.8. The highest BCUT2D eigenvalue weighted by Gasteiger charge is 2.30. The van der Waals surface area contributed by atoms with Crippen molar-refractivity contribution < 1.29 is 19.5 Å². The largest absolute Gasteiger partial charge is 0.481 e. The van der Waals surface area contributed by atoms with Gasteiger partial charge in [0.1, 0.15) is 0 Å². The number of aryl methyl sites for hydroxylation is 1. The Kier molecular flexibility index (Phi) is 5.46. The number of carboxylic acid groups (broad SMARTS) is 1. The minimum absolute atomic E-state index is 0.264. The number of imide groups is 1. The van der Waals surface area contributed by atoms with Crippen LogP contribution in [0.15, 0.2) is 24.3 Å². The number of carbonyl (C=O) groups excluding carboxylic acids is 2. The van der Waals surface area contributed by atoms with Gasteiger partial charge in [-0.1, -0.05) is 29.8 Å². The van der Waals surface area contributed by atoms with E-state index in [1.165, 1.54) is 13.8 Å². The van der Waals surface area contributed by atoms with Crippen molar-refractivity contribution in [3.05, 3.63) is 35.4 Å². The molecule has 1 rings (SSSR count). The molecule has 6 nitrogen and oxygen atoms in total. The van der Waals surface area contributed by atoms with Gasteiger partial charge in [0.25, 0.3) is 0 Å². The van der Waals surface area contributed by atoms with Crippen LogP contribution in [-0.2, 0) is 16.1 Å². The van der Waals surface area contributed by atoms with Crippen LogP contribution in [0.2, 0.25) is 0 Å². The number of benzene rings is 1. The first-order chi connectivity index (χ1) is 9.70. The van der Waals surface area contributed by atoms with Crippen molar-refractivity contribution in [2.75, 3.05) is 0 Å². The van der Waals surface area contributed by atoms with Gasteiger partial charge in [0.2, 0.25) is 5.91 Å². The molecule has 0 heterocycles. The first kappa shape index (κ1) is 16.7. The molecule has 0 aliphatic carbocycles. The summed E-state index contributed by atoms with van der Waals surface area (Å²) in [6.45, 7) is 5.10. The van der Waals surface area contributed by atoms with Gasteiger partial charge in [0, 0.05) is 13.0 Å². The number of rotatable bonds is 5. The summed E-state index contributed by atoms with van der Waals surface area (Å²) in [6, 6.07) is 6.98. The maximum absolute atomic E-state index is 11.6. The number of nitrogens with one attached hydrogen (secondary N) is 2. The van der Waals surface area contributed by atoms with Gasteiger partial charge in [-0.2, -0.15) is 0 Å². The van der Waals surface area contributed by atoms with E-state index in [0.29, 0.717) is 6.54 Å². The number of aliphatic carboxylic acids is 1. The Balaban J connectivity index is 2.43. The molecule has 3 N–H and O–H groups in total. The predicted molar refractivity (Wildman–Crippen MR) is 77.6 cm³/mol.